The fourth-order valence-corrected chi connectivity index (χ4v) is 3.59. The van der Waals surface area contributed by atoms with Crippen molar-refractivity contribution < 1.29 is 9.90 Å². The first-order chi connectivity index (χ1) is 10.5. The van der Waals surface area contributed by atoms with Gasteiger partial charge >= 0.3 is 0 Å². The van der Waals surface area contributed by atoms with Gasteiger partial charge < -0.3 is 15.0 Å². The Morgan fingerprint density at radius 1 is 1.45 bits per heavy atom. The second-order valence-corrected chi connectivity index (χ2v) is 6.47. The number of aliphatic hydroxyl groups is 1. The lowest BCUT2D eigenvalue weighted by atomic mass is 9.76. The summed E-state index contributed by atoms with van der Waals surface area (Å²) in [5.74, 6) is 0.381. The number of hydrogen-bond donors (Lipinski definition) is 2. The van der Waals surface area contributed by atoms with Gasteiger partial charge in [-0.05, 0) is 43.7 Å². The predicted molar refractivity (Wildman–Crippen MR) is 87.9 cm³/mol. The standard InChI is InChI=1S/C18H24N2O2/c1-4-15(13-8-14(21)9-13)19-18(22)16-10-12-7-5-6-11(2)17(12)20(16)3/h5-7,10,13-15,21H,4,8-9H2,1-3H3,(H,19,22)/t13?,14?,15-/m0/s1. The molecule has 1 fully saturated rings. The highest BCUT2D eigenvalue weighted by Crippen LogP contribution is 2.31. The fraction of sp³-hybridized carbons (Fsp3) is 0.500. The molecule has 1 saturated carbocycles. The summed E-state index contributed by atoms with van der Waals surface area (Å²) in [5, 5.41) is 13.7. The Bertz CT molecular complexity index is 698. The molecule has 2 aromatic rings. The first-order valence-corrected chi connectivity index (χ1v) is 8.05. The van der Waals surface area contributed by atoms with Crippen molar-refractivity contribution in [1.29, 1.82) is 0 Å². The van der Waals surface area contributed by atoms with Gasteiger partial charge in [0.25, 0.3) is 5.91 Å². The molecule has 1 heterocycles. The average molecular weight is 300 g/mol. The van der Waals surface area contributed by atoms with Crippen LogP contribution in [0.25, 0.3) is 10.9 Å². The minimum atomic E-state index is -0.184. The van der Waals surface area contributed by atoms with E-state index in [2.05, 4.69) is 25.2 Å². The lowest BCUT2D eigenvalue weighted by Gasteiger charge is -2.37. The van der Waals surface area contributed by atoms with E-state index in [0.29, 0.717) is 11.6 Å². The van der Waals surface area contributed by atoms with E-state index in [0.717, 1.165) is 30.2 Å². The molecule has 0 spiro atoms. The van der Waals surface area contributed by atoms with Crippen molar-refractivity contribution in [2.45, 2.75) is 45.3 Å². The third-order valence-corrected chi connectivity index (χ3v) is 4.97. The van der Waals surface area contributed by atoms with Gasteiger partial charge in [0.05, 0.1) is 11.6 Å². The van der Waals surface area contributed by atoms with Crippen LogP contribution in [-0.4, -0.2) is 27.7 Å². The van der Waals surface area contributed by atoms with Crippen LogP contribution in [0.4, 0.5) is 0 Å². The Labute approximate surface area is 131 Å². The van der Waals surface area contributed by atoms with E-state index in [4.69, 9.17) is 0 Å². The summed E-state index contributed by atoms with van der Waals surface area (Å²) in [6.07, 6.45) is 2.31. The number of hydrogen-bond acceptors (Lipinski definition) is 2. The summed E-state index contributed by atoms with van der Waals surface area (Å²) in [6.45, 7) is 4.15. The van der Waals surface area contributed by atoms with Crippen LogP contribution in [0.3, 0.4) is 0 Å². The summed E-state index contributed by atoms with van der Waals surface area (Å²) in [4.78, 5) is 12.6. The molecule has 1 atom stereocenters. The maximum absolute atomic E-state index is 12.6. The van der Waals surface area contributed by atoms with Crippen molar-refractivity contribution in [2.24, 2.45) is 13.0 Å². The molecular formula is C18H24N2O2. The lowest BCUT2D eigenvalue weighted by Crippen LogP contribution is -2.47. The number of aliphatic hydroxyl groups excluding tert-OH is 1. The van der Waals surface area contributed by atoms with Crippen molar-refractivity contribution in [3.8, 4) is 0 Å². The van der Waals surface area contributed by atoms with Crippen LogP contribution in [0.15, 0.2) is 24.3 Å². The van der Waals surface area contributed by atoms with Crippen LogP contribution in [0.2, 0.25) is 0 Å². The molecule has 0 unspecified atom stereocenters. The molecule has 0 bridgehead atoms. The SMILES string of the molecule is CC[C@H](NC(=O)c1cc2cccc(C)c2n1C)C1CC(O)C1. The number of rotatable bonds is 4. The molecule has 2 N–H and O–H groups in total. The van der Waals surface area contributed by atoms with Gasteiger partial charge in [-0.25, -0.2) is 0 Å². The zero-order valence-electron chi connectivity index (χ0n) is 13.5. The summed E-state index contributed by atoms with van der Waals surface area (Å²) in [5.41, 5.74) is 2.98. The highest BCUT2D eigenvalue weighted by atomic mass is 16.3. The monoisotopic (exact) mass is 300 g/mol. The van der Waals surface area contributed by atoms with Crippen LogP contribution in [-0.2, 0) is 7.05 Å². The van der Waals surface area contributed by atoms with E-state index in [-0.39, 0.29) is 18.1 Å². The number of carbonyl (C=O) groups is 1. The van der Waals surface area contributed by atoms with Gasteiger partial charge in [-0.2, -0.15) is 0 Å². The Morgan fingerprint density at radius 2 is 2.18 bits per heavy atom. The topological polar surface area (TPSA) is 54.3 Å². The zero-order chi connectivity index (χ0) is 15.9. The number of carbonyl (C=O) groups excluding carboxylic acids is 1. The van der Waals surface area contributed by atoms with Gasteiger partial charge in [0, 0.05) is 18.5 Å². The molecule has 1 amide bonds. The van der Waals surface area contributed by atoms with Gasteiger partial charge in [-0.15, -0.1) is 0 Å². The van der Waals surface area contributed by atoms with Crippen molar-refractivity contribution in [3.05, 3.63) is 35.5 Å². The van der Waals surface area contributed by atoms with E-state index < -0.39 is 0 Å². The molecule has 1 aliphatic carbocycles. The van der Waals surface area contributed by atoms with E-state index in [1.807, 2.05) is 29.8 Å². The number of aromatic nitrogens is 1. The number of amides is 1. The van der Waals surface area contributed by atoms with E-state index in [9.17, 15) is 9.90 Å². The van der Waals surface area contributed by atoms with Crippen molar-refractivity contribution in [2.75, 3.05) is 0 Å². The predicted octanol–water partition coefficient (Wildman–Crippen LogP) is 2.77. The van der Waals surface area contributed by atoms with Crippen LogP contribution < -0.4 is 5.32 Å². The first kappa shape index (κ1) is 15.1. The highest BCUT2D eigenvalue weighted by Gasteiger charge is 2.34. The largest absolute Gasteiger partial charge is 0.393 e. The molecular weight excluding hydrogens is 276 g/mol. The third-order valence-electron chi connectivity index (χ3n) is 4.97. The molecule has 4 nitrogen and oxygen atoms in total. The number of fused-ring (bicyclic) bond motifs is 1. The normalized spacial score (nSPS) is 22.4. The lowest BCUT2D eigenvalue weighted by molar-refractivity contribution is 0.0232. The number of nitrogens with one attached hydrogen (secondary N) is 1. The zero-order valence-corrected chi connectivity index (χ0v) is 13.5. The molecule has 4 heteroatoms. The van der Waals surface area contributed by atoms with E-state index in [1.165, 1.54) is 5.56 Å². The number of benzene rings is 1. The number of para-hydroxylation sites is 1. The Balaban J connectivity index is 1.83. The van der Waals surface area contributed by atoms with E-state index >= 15 is 0 Å². The molecule has 0 radical (unpaired) electrons. The van der Waals surface area contributed by atoms with Crippen LogP contribution in [0.5, 0.6) is 0 Å². The van der Waals surface area contributed by atoms with Crippen molar-refractivity contribution in [3.63, 3.8) is 0 Å². The van der Waals surface area contributed by atoms with Crippen molar-refractivity contribution >= 4 is 16.8 Å². The Morgan fingerprint density at radius 3 is 2.77 bits per heavy atom. The van der Waals surface area contributed by atoms with Gasteiger partial charge in [0.1, 0.15) is 5.69 Å². The molecule has 1 aliphatic rings. The molecule has 1 aromatic heterocycles. The second kappa shape index (κ2) is 5.76. The van der Waals surface area contributed by atoms with Gasteiger partial charge in [0.15, 0.2) is 0 Å². The van der Waals surface area contributed by atoms with Gasteiger partial charge in [-0.3, -0.25) is 4.79 Å². The molecule has 0 saturated heterocycles. The van der Waals surface area contributed by atoms with Gasteiger partial charge in [0.2, 0.25) is 0 Å². The molecule has 22 heavy (non-hydrogen) atoms. The number of nitrogens with zero attached hydrogens (tertiary/aromatic N) is 1. The van der Waals surface area contributed by atoms with Crippen LogP contribution >= 0.6 is 0 Å². The first-order valence-electron chi connectivity index (χ1n) is 8.05. The Hall–Kier alpha value is -1.81. The summed E-state index contributed by atoms with van der Waals surface area (Å²) >= 11 is 0. The minimum absolute atomic E-state index is 0.0219. The van der Waals surface area contributed by atoms with Crippen LogP contribution in [0, 0.1) is 12.8 Å². The summed E-state index contributed by atoms with van der Waals surface area (Å²) in [7, 11) is 1.94. The van der Waals surface area contributed by atoms with Gasteiger partial charge in [-0.1, -0.05) is 25.1 Å². The fourth-order valence-electron chi connectivity index (χ4n) is 3.59. The average Bonchev–Trinajstić information content (AvgIpc) is 2.80. The summed E-state index contributed by atoms with van der Waals surface area (Å²) in [6, 6.07) is 8.23. The Kier molecular flexibility index (Phi) is 3.96. The quantitative estimate of drug-likeness (QED) is 0.912. The molecule has 3 rings (SSSR count). The molecule has 1 aromatic carbocycles. The minimum Gasteiger partial charge on any atom is -0.393 e. The smallest absolute Gasteiger partial charge is 0.268 e. The second-order valence-electron chi connectivity index (χ2n) is 6.47. The van der Waals surface area contributed by atoms with E-state index in [1.54, 1.807) is 0 Å². The van der Waals surface area contributed by atoms with Crippen LogP contribution in [0.1, 0.15) is 42.2 Å². The maximum atomic E-state index is 12.6. The summed E-state index contributed by atoms with van der Waals surface area (Å²) < 4.78 is 1.97. The third kappa shape index (κ3) is 2.52. The number of aryl methyl sites for hydroxylation is 2. The highest BCUT2D eigenvalue weighted by molar-refractivity contribution is 5.99. The molecule has 0 aliphatic heterocycles. The maximum Gasteiger partial charge on any atom is 0.268 e. The van der Waals surface area contributed by atoms with Crippen molar-refractivity contribution in [1.82, 2.24) is 9.88 Å². The molecule has 118 valence electrons.